The minimum Gasteiger partial charge on any atom is -0.366 e. The molecule has 0 atom stereocenters. The van der Waals surface area contributed by atoms with Crippen molar-refractivity contribution in [1.29, 1.82) is 0 Å². The molecule has 224 valence electrons. The van der Waals surface area contributed by atoms with Gasteiger partial charge in [-0.3, -0.25) is 24.1 Å². The maximum absolute atomic E-state index is 12.3. The van der Waals surface area contributed by atoms with Crippen molar-refractivity contribution in [3.63, 3.8) is 0 Å². The summed E-state index contributed by atoms with van der Waals surface area (Å²) >= 11 is 0. The molecular formula is C31H47N7O3. The number of benzene rings is 1. The molecule has 0 bridgehead atoms. The van der Waals surface area contributed by atoms with Crippen LogP contribution in [-0.4, -0.2) is 56.2 Å². The summed E-state index contributed by atoms with van der Waals surface area (Å²) < 4.78 is 3.84. The van der Waals surface area contributed by atoms with Crippen LogP contribution in [0.4, 0.5) is 0 Å². The molecule has 2 aromatic heterocycles. The van der Waals surface area contributed by atoms with E-state index in [0.717, 1.165) is 53.2 Å². The number of carbonyl (C=O) groups is 3. The maximum Gasteiger partial charge on any atom is 0.269 e. The molecule has 10 nitrogen and oxygen atoms in total. The van der Waals surface area contributed by atoms with Gasteiger partial charge in [0, 0.05) is 38.0 Å². The predicted octanol–water partition coefficient (Wildman–Crippen LogP) is 5.21. The van der Waals surface area contributed by atoms with Crippen LogP contribution < -0.4 is 11.1 Å². The summed E-state index contributed by atoms with van der Waals surface area (Å²) in [5.74, 6) is 0.445. The van der Waals surface area contributed by atoms with E-state index in [1.807, 2.05) is 33.8 Å². The normalized spacial score (nSPS) is 11.3. The first-order valence-electron chi connectivity index (χ1n) is 14.1. The molecule has 41 heavy (non-hydrogen) atoms. The molecule has 0 saturated carbocycles. The molecule has 0 aliphatic heterocycles. The summed E-state index contributed by atoms with van der Waals surface area (Å²) in [5.41, 5.74) is 10.6. The second kappa shape index (κ2) is 17.6. The Bertz CT molecular complexity index is 1380. The first-order valence-corrected chi connectivity index (χ1v) is 14.1. The number of Topliss-reactive ketones (excluding diaryl/α,β-unsaturated/α-hetero) is 1. The SMILES string of the molecule is CCC.CCn1nc(C)cc1C(=O)NCCCCn1c(C)nc2cc(C(N)=O)ccc21.CN=C(C)/C=C(\C)C(C)=O. The van der Waals surface area contributed by atoms with E-state index in [1.54, 1.807) is 49.9 Å². The zero-order valence-electron chi connectivity index (χ0n) is 26.2. The van der Waals surface area contributed by atoms with Crippen LogP contribution in [0.15, 0.2) is 40.9 Å². The van der Waals surface area contributed by atoms with Crippen molar-refractivity contribution in [2.75, 3.05) is 13.6 Å². The fourth-order valence-electron chi connectivity index (χ4n) is 3.82. The highest BCUT2D eigenvalue weighted by Gasteiger charge is 2.13. The van der Waals surface area contributed by atoms with Gasteiger partial charge in [0.2, 0.25) is 5.91 Å². The summed E-state index contributed by atoms with van der Waals surface area (Å²) in [7, 11) is 1.71. The summed E-state index contributed by atoms with van der Waals surface area (Å²) in [6.07, 6.45) is 4.78. The van der Waals surface area contributed by atoms with Crippen LogP contribution in [0.3, 0.4) is 0 Å². The molecule has 3 N–H and O–H groups in total. The standard InChI is InChI=1S/C20H26N6O2.C8H13NO.C3H8/c1-4-26-18(11-13(2)24-26)20(28)22-9-5-6-10-25-14(3)23-16-12-15(19(21)27)7-8-17(16)25;1-6(8(3)10)5-7(2)9-4;1-3-2/h7-8,11-12H,4-6,9-10H2,1-3H3,(H2,21,27)(H,22,28);5H,1-4H3;3H2,1-2H3/b;6-5+,9-7?;. The Morgan fingerprint density at radius 3 is 2.27 bits per heavy atom. The molecule has 0 aliphatic rings. The van der Waals surface area contributed by atoms with Crippen LogP contribution in [0.2, 0.25) is 0 Å². The van der Waals surface area contributed by atoms with Gasteiger partial charge in [-0.25, -0.2) is 4.98 Å². The molecule has 0 saturated heterocycles. The minimum atomic E-state index is -0.454. The van der Waals surface area contributed by atoms with Gasteiger partial charge < -0.3 is 15.6 Å². The van der Waals surface area contributed by atoms with Crippen molar-refractivity contribution >= 4 is 34.3 Å². The number of aliphatic imine (C=N–C) groups is 1. The van der Waals surface area contributed by atoms with E-state index in [9.17, 15) is 14.4 Å². The highest BCUT2D eigenvalue weighted by Crippen LogP contribution is 2.18. The molecule has 0 fully saturated rings. The van der Waals surface area contributed by atoms with E-state index in [0.29, 0.717) is 24.3 Å². The van der Waals surface area contributed by atoms with E-state index in [2.05, 4.69) is 38.8 Å². The minimum absolute atomic E-state index is 0.0920. The van der Waals surface area contributed by atoms with Crippen LogP contribution in [0.1, 0.15) is 93.2 Å². The molecule has 3 aromatic rings. The van der Waals surface area contributed by atoms with E-state index in [4.69, 9.17) is 5.73 Å². The highest BCUT2D eigenvalue weighted by atomic mass is 16.2. The number of hydrogen-bond acceptors (Lipinski definition) is 6. The number of fused-ring (bicyclic) bond motifs is 1. The van der Waals surface area contributed by atoms with Gasteiger partial charge in [0.25, 0.3) is 5.91 Å². The van der Waals surface area contributed by atoms with Crippen molar-refractivity contribution in [1.82, 2.24) is 24.6 Å². The quantitative estimate of drug-likeness (QED) is 0.198. The Morgan fingerprint density at radius 1 is 1.05 bits per heavy atom. The monoisotopic (exact) mass is 565 g/mol. The smallest absolute Gasteiger partial charge is 0.269 e. The topological polar surface area (TPSA) is 137 Å². The lowest BCUT2D eigenvalue weighted by atomic mass is 10.2. The number of nitrogens with one attached hydrogen (secondary N) is 1. The van der Waals surface area contributed by atoms with Crippen molar-refractivity contribution in [2.45, 2.75) is 87.7 Å². The van der Waals surface area contributed by atoms with Gasteiger partial charge in [0.15, 0.2) is 5.78 Å². The van der Waals surface area contributed by atoms with Crippen LogP contribution in [-0.2, 0) is 17.9 Å². The first-order chi connectivity index (χ1) is 19.4. The number of rotatable bonds is 10. The van der Waals surface area contributed by atoms with Gasteiger partial charge in [-0.1, -0.05) is 20.3 Å². The number of imidazole rings is 1. The number of allylic oxidation sites excluding steroid dienone is 2. The first kappa shape index (κ1) is 34.9. The maximum atomic E-state index is 12.3. The fourth-order valence-corrected chi connectivity index (χ4v) is 3.82. The number of nitrogens with zero attached hydrogens (tertiary/aromatic N) is 5. The third-order valence-electron chi connectivity index (χ3n) is 6.09. The van der Waals surface area contributed by atoms with Gasteiger partial charge in [-0.15, -0.1) is 0 Å². The van der Waals surface area contributed by atoms with Gasteiger partial charge in [0.05, 0.1) is 16.7 Å². The molecule has 0 radical (unpaired) electrons. The highest BCUT2D eigenvalue weighted by molar-refractivity contribution is 6.02. The number of aryl methyl sites for hydroxylation is 4. The fraction of sp³-hybridized carbons (Fsp3) is 0.484. The van der Waals surface area contributed by atoms with E-state index in [-0.39, 0.29) is 11.7 Å². The molecule has 2 heterocycles. The summed E-state index contributed by atoms with van der Waals surface area (Å²) in [6, 6.07) is 7.13. The molecule has 3 rings (SSSR count). The number of unbranched alkanes of at least 4 members (excludes halogenated alkanes) is 1. The Labute approximate surface area is 244 Å². The van der Waals surface area contributed by atoms with Crippen molar-refractivity contribution in [3.8, 4) is 0 Å². The summed E-state index contributed by atoms with van der Waals surface area (Å²) in [6.45, 7) is 17.3. The van der Waals surface area contributed by atoms with Crippen LogP contribution in [0.5, 0.6) is 0 Å². The van der Waals surface area contributed by atoms with E-state index >= 15 is 0 Å². The summed E-state index contributed by atoms with van der Waals surface area (Å²) in [5, 5.41) is 7.26. The average Bonchev–Trinajstić information content (AvgIpc) is 3.46. The van der Waals surface area contributed by atoms with Crippen LogP contribution in [0, 0.1) is 13.8 Å². The average molecular weight is 566 g/mol. The summed E-state index contributed by atoms with van der Waals surface area (Å²) in [4.78, 5) is 42.7. The predicted molar refractivity (Wildman–Crippen MR) is 167 cm³/mol. The van der Waals surface area contributed by atoms with Crippen molar-refractivity contribution < 1.29 is 14.4 Å². The molecule has 2 amide bonds. The second-order valence-corrected chi connectivity index (χ2v) is 9.78. The van der Waals surface area contributed by atoms with Crippen LogP contribution >= 0.6 is 0 Å². The van der Waals surface area contributed by atoms with Gasteiger partial charge in [-0.05, 0) is 90.3 Å². The number of primary amides is 1. The number of ketones is 1. The molecule has 0 aliphatic carbocycles. The molecular weight excluding hydrogens is 518 g/mol. The number of amides is 2. The van der Waals surface area contributed by atoms with Gasteiger partial charge in [-0.2, -0.15) is 5.10 Å². The zero-order chi connectivity index (χ0) is 31.1. The Kier molecular flexibility index (Phi) is 15.0. The van der Waals surface area contributed by atoms with Crippen molar-refractivity contribution in [2.24, 2.45) is 10.7 Å². The molecule has 10 heteroatoms. The second-order valence-electron chi connectivity index (χ2n) is 9.78. The Hall–Kier alpha value is -4.08. The zero-order valence-corrected chi connectivity index (χ0v) is 26.2. The largest absolute Gasteiger partial charge is 0.366 e. The Balaban J connectivity index is 0.000000543. The molecule has 0 unspecified atom stereocenters. The van der Waals surface area contributed by atoms with Crippen LogP contribution in [0.25, 0.3) is 11.0 Å². The molecule has 1 aromatic carbocycles. The van der Waals surface area contributed by atoms with Crippen molar-refractivity contribution in [3.05, 3.63) is 58.7 Å². The third kappa shape index (κ3) is 11.1. The lowest BCUT2D eigenvalue weighted by molar-refractivity contribution is -0.113. The van der Waals surface area contributed by atoms with E-state index < -0.39 is 5.91 Å². The Morgan fingerprint density at radius 2 is 1.71 bits per heavy atom. The number of hydrogen-bond donors (Lipinski definition) is 2. The van der Waals surface area contributed by atoms with E-state index in [1.165, 1.54) is 6.42 Å². The number of carbonyl (C=O) groups excluding carboxylic acids is 3. The lowest BCUT2D eigenvalue weighted by Gasteiger charge is -2.09. The lowest BCUT2D eigenvalue weighted by Crippen LogP contribution is -2.27. The van der Waals surface area contributed by atoms with Gasteiger partial charge in [0.1, 0.15) is 11.5 Å². The number of aromatic nitrogens is 4. The third-order valence-corrected chi connectivity index (χ3v) is 6.09. The molecule has 0 spiro atoms. The number of nitrogens with two attached hydrogens (primary N) is 1. The van der Waals surface area contributed by atoms with Gasteiger partial charge >= 0.3 is 0 Å².